The van der Waals surface area contributed by atoms with Crippen LogP contribution in [0.5, 0.6) is 0 Å². The van der Waals surface area contributed by atoms with E-state index in [0.717, 1.165) is 40.2 Å². The number of aromatic nitrogens is 2. The van der Waals surface area contributed by atoms with E-state index in [2.05, 4.69) is 14.9 Å². The Morgan fingerprint density at radius 2 is 1.81 bits per heavy atom. The second-order valence-electron chi connectivity index (χ2n) is 7.25. The molecule has 0 aliphatic carbocycles. The Hall–Kier alpha value is -2.43. The van der Waals surface area contributed by atoms with Crippen molar-refractivity contribution in [3.63, 3.8) is 0 Å². The minimum atomic E-state index is -3.92. The number of anilines is 1. The normalized spacial score (nSPS) is 14.1. The number of carbonyl (C=O) groups excluding carboxylic acids is 1. The van der Waals surface area contributed by atoms with Crippen LogP contribution in [0.2, 0.25) is 0 Å². The number of aryl methyl sites for hydroxylation is 1. The number of nitrogens with one attached hydrogen (secondary N) is 1. The van der Waals surface area contributed by atoms with Crippen molar-refractivity contribution in [2.24, 2.45) is 0 Å². The predicted molar refractivity (Wildman–Crippen MR) is 124 cm³/mol. The third-order valence-electron chi connectivity index (χ3n) is 5.05. The minimum Gasteiger partial charge on any atom is -0.339 e. The van der Waals surface area contributed by atoms with Gasteiger partial charge in [0, 0.05) is 23.5 Å². The van der Waals surface area contributed by atoms with E-state index in [1.807, 2.05) is 37.4 Å². The van der Waals surface area contributed by atoms with Crippen molar-refractivity contribution in [3.05, 3.63) is 53.6 Å². The summed E-state index contributed by atoms with van der Waals surface area (Å²) >= 11 is 2.58. The topological polar surface area (TPSA) is 92.3 Å². The molecule has 4 rings (SSSR count). The average Bonchev–Trinajstić information content (AvgIpc) is 3.45. The Morgan fingerprint density at radius 3 is 2.48 bits per heavy atom. The Bertz CT molecular complexity index is 1200. The molecule has 0 unspecified atom stereocenters. The lowest BCUT2D eigenvalue weighted by atomic mass is 10.2. The number of likely N-dealkylation sites (tertiary alicyclic amines) is 1. The lowest BCUT2D eigenvalue weighted by Crippen LogP contribution is -2.28. The van der Waals surface area contributed by atoms with Gasteiger partial charge in [0.2, 0.25) is 5.13 Å². The molecule has 1 aliphatic rings. The van der Waals surface area contributed by atoms with Gasteiger partial charge in [0.1, 0.15) is 5.01 Å². The number of benzene rings is 2. The van der Waals surface area contributed by atoms with Crippen LogP contribution in [0, 0.1) is 6.92 Å². The van der Waals surface area contributed by atoms with E-state index >= 15 is 0 Å². The Kier molecular flexibility index (Phi) is 6.31. The highest BCUT2D eigenvalue weighted by Gasteiger charge is 2.25. The average molecular weight is 475 g/mol. The maximum absolute atomic E-state index is 13.0. The van der Waals surface area contributed by atoms with Crippen molar-refractivity contribution in [1.82, 2.24) is 15.1 Å². The number of sulfonamides is 1. The fourth-order valence-electron chi connectivity index (χ4n) is 3.36. The monoisotopic (exact) mass is 474 g/mol. The van der Waals surface area contributed by atoms with Crippen LogP contribution in [0.3, 0.4) is 0 Å². The van der Waals surface area contributed by atoms with Crippen LogP contribution in [0.15, 0.2) is 52.3 Å². The molecular formula is C21H22N4O3S3. The van der Waals surface area contributed by atoms with Crippen LogP contribution < -0.4 is 4.72 Å². The van der Waals surface area contributed by atoms with Crippen molar-refractivity contribution >= 4 is 44.2 Å². The number of hydrogen-bond acceptors (Lipinski definition) is 7. The fourth-order valence-corrected chi connectivity index (χ4v) is 5.94. The van der Waals surface area contributed by atoms with Crippen LogP contribution in [-0.2, 0) is 10.0 Å². The van der Waals surface area contributed by atoms with Gasteiger partial charge in [-0.3, -0.25) is 9.52 Å². The Labute approximate surface area is 189 Å². The summed E-state index contributed by atoms with van der Waals surface area (Å²) in [6.07, 6.45) is 3.82. The summed E-state index contributed by atoms with van der Waals surface area (Å²) < 4.78 is 28.5. The maximum atomic E-state index is 13.0. The first-order valence-electron chi connectivity index (χ1n) is 9.78. The molecule has 162 valence electrons. The second-order valence-corrected chi connectivity index (χ2v) is 10.8. The highest BCUT2D eigenvalue weighted by atomic mass is 32.2. The van der Waals surface area contributed by atoms with Crippen LogP contribution in [0.25, 0.3) is 10.6 Å². The highest BCUT2D eigenvalue weighted by Crippen LogP contribution is 2.30. The van der Waals surface area contributed by atoms with Gasteiger partial charge in [-0.25, -0.2) is 8.42 Å². The maximum Gasteiger partial charge on any atom is 0.263 e. The van der Waals surface area contributed by atoms with Crippen LogP contribution in [0.4, 0.5) is 5.13 Å². The van der Waals surface area contributed by atoms with E-state index in [0.29, 0.717) is 23.7 Å². The van der Waals surface area contributed by atoms with Gasteiger partial charge in [-0.15, -0.1) is 22.0 Å². The molecule has 31 heavy (non-hydrogen) atoms. The van der Waals surface area contributed by atoms with Gasteiger partial charge in [0.15, 0.2) is 0 Å². The zero-order valence-corrected chi connectivity index (χ0v) is 19.6. The van der Waals surface area contributed by atoms with Gasteiger partial charge in [-0.05, 0) is 44.2 Å². The third kappa shape index (κ3) is 4.76. The molecule has 0 saturated carbocycles. The number of thioether (sulfide) groups is 1. The number of nitrogens with zero attached hydrogens (tertiary/aromatic N) is 3. The molecule has 2 aromatic carbocycles. The number of carbonyl (C=O) groups is 1. The first kappa shape index (κ1) is 21.8. The molecule has 10 heteroatoms. The van der Waals surface area contributed by atoms with Crippen molar-refractivity contribution in [3.8, 4) is 10.6 Å². The largest absolute Gasteiger partial charge is 0.339 e. The summed E-state index contributed by atoms with van der Waals surface area (Å²) in [5, 5.41) is 8.88. The van der Waals surface area contributed by atoms with Crippen molar-refractivity contribution < 1.29 is 13.2 Å². The zero-order valence-electron chi connectivity index (χ0n) is 17.2. The Morgan fingerprint density at radius 1 is 1.10 bits per heavy atom. The highest BCUT2D eigenvalue weighted by molar-refractivity contribution is 7.98. The molecule has 1 N–H and O–H groups in total. The van der Waals surface area contributed by atoms with E-state index in [1.54, 1.807) is 11.0 Å². The molecular weight excluding hydrogens is 452 g/mol. The molecule has 1 fully saturated rings. The van der Waals surface area contributed by atoms with Crippen LogP contribution in [0.1, 0.15) is 28.8 Å². The molecule has 0 bridgehead atoms. The summed E-state index contributed by atoms with van der Waals surface area (Å²) in [5.41, 5.74) is 2.41. The van der Waals surface area contributed by atoms with E-state index in [9.17, 15) is 13.2 Å². The van der Waals surface area contributed by atoms with E-state index < -0.39 is 10.0 Å². The van der Waals surface area contributed by atoms with Gasteiger partial charge in [0.25, 0.3) is 15.9 Å². The van der Waals surface area contributed by atoms with Crippen molar-refractivity contribution in [1.29, 1.82) is 0 Å². The molecule has 1 saturated heterocycles. The summed E-state index contributed by atoms with van der Waals surface area (Å²) in [6, 6.07) is 12.4. The lowest BCUT2D eigenvalue weighted by molar-refractivity contribution is 0.0789. The molecule has 0 spiro atoms. The lowest BCUT2D eigenvalue weighted by Gasteiger charge is -2.18. The SMILES string of the molecule is CSc1ccc(S(=O)(=O)Nc2nnc(-c3ccc(C)cc3)s2)cc1C(=O)N1CCCC1. The van der Waals surface area contributed by atoms with Crippen molar-refractivity contribution in [2.75, 3.05) is 24.1 Å². The van der Waals surface area contributed by atoms with Crippen LogP contribution >= 0.6 is 23.1 Å². The first-order valence-corrected chi connectivity index (χ1v) is 13.3. The van der Waals surface area contributed by atoms with Gasteiger partial charge in [-0.1, -0.05) is 41.2 Å². The molecule has 2 heterocycles. The van der Waals surface area contributed by atoms with Crippen LogP contribution in [-0.4, -0.2) is 48.8 Å². The molecule has 3 aromatic rings. The Balaban J connectivity index is 1.59. The fraction of sp³-hybridized carbons (Fsp3) is 0.286. The summed E-state index contributed by atoms with van der Waals surface area (Å²) in [6.45, 7) is 3.40. The quantitative estimate of drug-likeness (QED) is 0.537. The number of hydrogen-bond donors (Lipinski definition) is 1. The molecule has 0 radical (unpaired) electrons. The summed E-state index contributed by atoms with van der Waals surface area (Å²) in [5.74, 6) is -0.128. The third-order valence-corrected chi connectivity index (χ3v) is 8.20. The zero-order chi connectivity index (χ0) is 22.0. The van der Waals surface area contributed by atoms with E-state index in [-0.39, 0.29) is 15.9 Å². The molecule has 0 atom stereocenters. The second kappa shape index (κ2) is 8.97. The van der Waals surface area contributed by atoms with Gasteiger partial charge in [-0.2, -0.15) is 0 Å². The minimum absolute atomic E-state index is 0.0277. The molecule has 1 aromatic heterocycles. The number of rotatable bonds is 6. The smallest absolute Gasteiger partial charge is 0.263 e. The molecule has 7 nitrogen and oxygen atoms in total. The van der Waals surface area contributed by atoms with Gasteiger partial charge < -0.3 is 4.90 Å². The number of amides is 1. The standard InChI is InChI=1S/C21H22N4O3S3/c1-14-5-7-15(8-6-14)19-22-23-21(30-19)24-31(27,28)16-9-10-18(29-2)17(13-16)20(26)25-11-3-4-12-25/h5-10,13H,3-4,11-12H2,1-2H3,(H,23,24). The van der Waals surface area contributed by atoms with E-state index in [1.165, 1.54) is 23.9 Å². The molecule has 1 amide bonds. The van der Waals surface area contributed by atoms with E-state index in [4.69, 9.17) is 0 Å². The van der Waals surface area contributed by atoms with Gasteiger partial charge >= 0.3 is 0 Å². The summed E-state index contributed by atoms with van der Waals surface area (Å²) in [4.78, 5) is 15.5. The van der Waals surface area contributed by atoms with Gasteiger partial charge in [0.05, 0.1) is 10.5 Å². The molecule has 1 aliphatic heterocycles. The predicted octanol–water partition coefficient (Wildman–Crippen LogP) is 4.27. The summed E-state index contributed by atoms with van der Waals surface area (Å²) in [7, 11) is -3.92. The first-order chi connectivity index (χ1) is 14.9. The van der Waals surface area contributed by atoms with Crippen molar-refractivity contribution in [2.45, 2.75) is 29.6 Å².